The van der Waals surface area contributed by atoms with Crippen molar-refractivity contribution in [3.63, 3.8) is 0 Å². The van der Waals surface area contributed by atoms with Crippen LogP contribution in [0.25, 0.3) is 0 Å². The van der Waals surface area contributed by atoms with E-state index in [2.05, 4.69) is 38.2 Å². The summed E-state index contributed by atoms with van der Waals surface area (Å²) in [5, 5.41) is 15.8. The lowest BCUT2D eigenvalue weighted by molar-refractivity contribution is -0.144. The van der Waals surface area contributed by atoms with E-state index in [1.54, 1.807) is 6.07 Å². The quantitative estimate of drug-likeness (QED) is 0.341. The van der Waals surface area contributed by atoms with Crippen molar-refractivity contribution < 1.29 is 36.9 Å². The highest BCUT2D eigenvalue weighted by molar-refractivity contribution is 6.00. The zero-order chi connectivity index (χ0) is 29.6. The first-order chi connectivity index (χ1) is 19.5. The molecular formula is C27H35F3N6O5. The van der Waals surface area contributed by atoms with Crippen LogP contribution in [0, 0.1) is 11.8 Å². The second-order valence-electron chi connectivity index (χ2n) is 10.9. The normalized spacial score (nSPS) is 20.6. The molecule has 2 aliphatic carbocycles. The number of methoxy groups -OCH3 is 1. The molecule has 2 fully saturated rings. The Labute approximate surface area is 235 Å². The van der Waals surface area contributed by atoms with Crippen molar-refractivity contribution in [3.05, 3.63) is 35.3 Å². The Morgan fingerprint density at radius 3 is 2.49 bits per heavy atom. The Balaban J connectivity index is 1.47. The molecule has 2 heterocycles. The van der Waals surface area contributed by atoms with Gasteiger partial charge in [0.2, 0.25) is 11.8 Å². The van der Waals surface area contributed by atoms with Gasteiger partial charge in [0.1, 0.15) is 17.6 Å². The number of hydrogen-bond donors (Lipinski definition) is 3. The van der Waals surface area contributed by atoms with Crippen molar-refractivity contribution in [1.29, 1.82) is 0 Å². The summed E-state index contributed by atoms with van der Waals surface area (Å²) in [7, 11) is 1.40. The number of ether oxygens (including phenoxy) is 1. The summed E-state index contributed by atoms with van der Waals surface area (Å²) >= 11 is 0. The van der Waals surface area contributed by atoms with Gasteiger partial charge in [0, 0.05) is 25.6 Å². The van der Waals surface area contributed by atoms with E-state index in [0.717, 1.165) is 38.5 Å². The van der Waals surface area contributed by atoms with E-state index >= 15 is 0 Å². The second kappa shape index (κ2) is 13.4. The predicted octanol–water partition coefficient (Wildman–Crippen LogP) is 4.05. The minimum Gasteiger partial charge on any atom is -0.382 e. The summed E-state index contributed by atoms with van der Waals surface area (Å²) in [6, 6.07) is 1.44. The first-order valence-corrected chi connectivity index (χ1v) is 13.8. The van der Waals surface area contributed by atoms with Gasteiger partial charge in [0.25, 0.3) is 5.91 Å². The molecule has 3 amide bonds. The molecule has 0 spiro atoms. The van der Waals surface area contributed by atoms with Crippen LogP contribution in [0.15, 0.2) is 23.0 Å². The molecule has 3 N–H and O–H groups in total. The highest BCUT2D eigenvalue weighted by Crippen LogP contribution is 2.40. The lowest BCUT2D eigenvalue weighted by Gasteiger charge is -2.32. The summed E-state index contributed by atoms with van der Waals surface area (Å²) in [4.78, 5) is 43.1. The molecule has 2 saturated carbocycles. The van der Waals surface area contributed by atoms with Crippen LogP contribution in [0.1, 0.15) is 92.0 Å². The predicted molar refractivity (Wildman–Crippen MR) is 140 cm³/mol. The van der Waals surface area contributed by atoms with Crippen molar-refractivity contribution in [2.45, 2.75) is 82.5 Å². The fourth-order valence-electron chi connectivity index (χ4n) is 5.05. The summed E-state index contributed by atoms with van der Waals surface area (Å²) in [6.45, 7) is 2.14. The minimum absolute atomic E-state index is 0.0108. The number of aromatic nitrogens is 3. The van der Waals surface area contributed by atoms with E-state index < -0.39 is 48.8 Å². The lowest BCUT2D eigenvalue weighted by atomic mass is 9.79. The number of halogens is 3. The maximum Gasteiger partial charge on any atom is 0.389 e. The largest absolute Gasteiger partial charge is 0.389 e. The molecule has 0 aromatic carbocycles. The molecule has 224 valence electrons. The minimum atomic E-state index is -4.45. The van der Waals surface area contributed by atoms with Gasteiger partial charge in [-0.25, -0.2) is 9.61 Å². The Hall–Kier alpha value is -3.55. The third-order valence-electron chi connectivity index (χ3n) is 7.54. The van der Waals surface area contributed by atoms with Gasteiger partial charge in [0.05, 0.1) is 19.1 Å². The number of pyridine rings is 1. The van der Waals surface area contributed by atoms with Crippen molar-refractivity contribution in [1.82, 2.24) is 25.9 Å². The lowest BCUT2D eigenvalue weighted by Crippen LogP contribution is -2.49. The van der Waals surface area contributed by atoms with Gasteiger partial charge in [-0.1, -0.05) is 24.9 Å². The van der Waals surface area contributed by atoms with E-state index in [4.69, 9.17) is 9.37 Å². The molecule has 0 radical (unpaired) electrons. The van der Waals surface area contributed by atoms with Gasteiger partial charge in [0.15, 0.2) is 5.69 Å². The smallest absolute Gasteiger partial charge is 0.382 e. The Morgan fingerprint density at radius 1 is 1.10 bits per heavy atom. The fraction of sp³-hybridized carbons (Fsp3) is 0.630. The van der Waals surface area contributed by atoms with Crippen LogP contribution >= 0.6 is 0 Å². The molecule has 11 nitrogen and oxygen atoms in total. The molecule has 4 rings (SSSR count). The van der Waals surface area contributed by atoms with Crippen LogP contribution in [0.3, 0.4) is 0 Å². The van der Waals surface area contributed by atoms with Gasteiger partial charge in [-0.2, -0.15) is 13.2 Å². The molecule has 2 aliphatic rings. The maximum atomic E-state index is 13.6. The molecule has 41 heavy (non-hydrogen) atoms. The molecule has 14 heteroatoms. The van der Waals surface area contributed by atoms with E-state index in [1.165, 1.54) is 19.4 Å². The number of hydrogen-bond acceptors (Lipinski definition) is 8. The SMILES string of the molecule is COCC(NC(=O)CCC(F)(F)F)c1ccnc(NC(=O)[C@@H](NC(=O)c2nonc2C2CC2)C2CCC(C)CC2)c1. The highest BCUT2D eigenvalue weighted by Gasteiger charge is 2.37. The Bertz CT molecular complexity index is 1210. The number of alkyl halides is 3. The van der Waals surface area contributed by atoms with Gasteiger partial charge in [-0.3, -0.25) is 14.4 Å². The fourth-order valence-corrected chi connectivity index (χ4v) is 5.05. The molecular weight excluding hydrogens is 545 g/mol. The number of nitrogens with one attached hydrogen (secondary N) is 3. The Kier molecular flexibility index (Phi) is 9.94. The Morgan fingerprint density at radius 2 is 1.83 bits per heavy atom. The summed E-state index contributed by atoms with van der Waals surface area (Å²) in [6.07, 6.45) is 0.134. The number of carbonyl (C=O) groups excluding carboxylic acids is 3. The van der Waals surface area contributed by atoms with E-state index in [0.29, 0.717) is 17.2 Å². The first kappa shape index (κ1) is 30.4. The number of amides is 3. The third-order valence-corrected chi connectivity index (χ3v) is 7.54. The summed E-state index contributed by atoms with van der Waals surface area (Å²) in [5.41, 5.74) is 1.06. The average Bonchev–Trinajstić information content (AvgIpc) is 3.66. The van der Waals surface area contributed by atoms with Gasteiger partial charge in [-0.15, -0.1) is 0 Å². The van der Waals surface area contributed by atoms with Crippen molar-refractivity contribution in [3.8, 4) is 0 Å². The maximum absolute atomic E-state index is 13.6. The molecule has 1 unspecified atom stereocenters. The molecule has 0 bridgehead atoms. The first-order valence-electron chi connectivity index (χ1n) is 13.8. The van der Waals surface area contributed by atoms with Crippen LogP contribution in [-0.2, 0) is 14.3 Å². The van der Waals surface area contributed by atoms with Gasteiger partial charge in [-0.05, 0) is 60.4 Å². The van der Waals surface area contributed by atoms with Gasteiger partial charge >= 0.3 is 6.18 Å². The molecule has 0 aliphatic heterocycles. The van der Waals surface area contributed by atoms with Crippen molar-refractivity contribution >= 4 is 23.5 Å². The molecule has 2 aromatic rings. The molecule has 2 atom stereocenters. The number of nitrogens with zero attached hydrogens (tertiary/aromatic N) is 3. The van der Waals surface area contributed by atoms with Crippen LogP contribution in [0.2, 0.25) is 0 Å². The summed E-state index contributed by atoms with van der Waals surface area (Å²) in [5.74, 6) is -1.09. The number of anilines is 1. The van der Waals surface area contributed by atoms with Crippen LogP contribution in [0.4, 0.5) is 19.0 Å². The topological polar surface area (TPSA) is 148 Å². The van der Waals surface area contributed by atoms with E-state index in [-0.39, 0.29) is 30.0 Å². The average molecular weight is 581 g/mol. The van der Waals surface area contributed by atoms with Crippen LogP contribution in [-0.4, -0.2) is 59.0 Å². The second-order valence-corrected chi connectivity index (χ2v) is 10.9. The van der Waals surface area contributed by atoms with Gasteiger partial charge < -0.3 is 20.7 Å². The molecule has 2 aromatic heterocycles. The third kappa shape index (κ3) is 8.72. The number of carbonyl (C=O) groups is 3. The van der Waals surface area contributed by atoms with Crippen molar-refractivity contribution in [2.24, 2.45) is 11.8 Å². The standard InChI is InChI=1S/C27H35F3N6O5/c1-15-3-5-17(6-4-15)23(34-26(39)24-22(16-7-8-16)35-41-36-24)25(38)33-20-13-18(10-12-31-20)19(14-40-2)32-21(37)9-11-27(28,29)30/h10,12-13,15-17,19,23H,3-9,11,14H2,1-2H3,(H,32,37)(H,34,39)(H,31,33,38)/t15?,17?,19?,23-/m0/s1. The van der Waals surface area contributed by atoms with Crippen molar-refractivity contribution in [2.75, 3.05) is 19.0 Å². The zero-order valence-electron chi connectivity index (χ0n) is 23.0. The monoisotopic (exact) mass is 580 g/mol. The van der Waals surface area contributed by atoms with E-state index in [9.17, 15) is 27.6 Å². The zero-order valence-corrected chi connectivity index (χ0v) is 23.0. The molecule has 0 saturated heterocycles. The van der Waals surface area contributed by atoms with Crippen LogP contribution in [0.5, 0.6) is 0 Å². The summed E-state index contributed by atoms with van der Waals surface area (Å²) < 4.78 is 47.6. The van der Waals surface area contributed by atoms with E-state index in [1.807, 2.05) is 0 Å². The highest BCUT2D eigenvalue weighted by atomic mass is 19.4. The van der Waals surface area contributed by atoms with Crippen LogP contribution < -0.4 is 16.0 Å². The number of rotatable bonds is 12.